The van der Waals surface area contributed by atoms with Crippen LogP contribution in [0, 0.1) is 5.92 Å². The van der Waals surface area contributed by atoms with E-state index in [9.17, 15) is 9.59 Å². The van der Waals surface area contributed by atoms with Crippen molar-refractivity contribution in [2.45, 2.75) is 26.3 Å². The number of hydrogen-bond acceptors (Lipinski definition) is 5. The number of amides is 2. The third kappa shape index (κ3) is 3.49. The molecule has 2 atom stereocenters. The van der Waals surface area contributed by atoms with Crippen molar-refractivity contribution >= 4 is 11.8 Å². The second-order valence-corrected chi connectivity index (χ2v) is 5.07. The van der Waals surface area contributed by atoms with E-state index >= 15 is 0 Å². The number of carbonyl (C=O) groups is 2. The lowest BCUT2D eigenvalue weighted by atomic mass is 9.98. The van der Waals surface area contributed by atoms with E-state index in [2.05, 4.69) is 20.0 Å². The standard InChI is InChI=1S/C15H18N4O3/c1-3-9(2)12(13(16)20)18-15(21)11-6-4-5-10(7-11)14-17-8-22-19-14/h4-9,12H,3H2,1-2H3,(H2,16,20)(H,18,21). The molecule has 0 fully saturated rings. The first-order valence-electron chi connectivity index (χ1n) is 7.00. The van der Waals surface area contributed by atoms with E-state index in [0.717, 1.165) is 6.42 Å². The van der Waals surface area contributed by atoms with Crippen molar-refractivity contribution in [2.75, 3.05) is 0 Å². The van der Waals surface area contributed by atoms with Gasteiger partial charge in [-0.05, 0) is 18.1 Å². The summed E-state index contributed by atoms with van der Waals surface area (Å²) in [6.45, 7) is 3.80. The highest BCUT2D eigenvalue weighted by atomic mass is 16.5. The SMILES string of the molecule is CCC(C)C(NC(=O)c1cccc(-c2ncon2)c1)C(N)=O. The van der Waals surface area contributed by atoms with Crippen molar-refractivity contribution in [3.8, 4) is 11.4 Å². The average molecular weight is 302 g/mol. The van der Waals surface area contributed by atoms with Crippen LogP contribution in [0.2, 0.25) is 0 Å². The lowest BCUT2D eigenvalue weighted by molar-refractivity contribution is -0.120. The minimum absolute atomic E-state index is 0.0400. The van der Waals surface area contributed by atoms with Gasteiger partial charge in [-0.2, -0.15) is 4.98 Å². The van der Waals surface area contributed by atoms with Gasteiger partial charge in [0.05, 0.1) is 0 Å². The summed E-state index contributed by atoms with van der Waals surface area (Å²) in [7, 11) is 0. The lowest BCUT2D eigenvalue weighted by Crippen LogP contribution is -2.48. The Bertz CT molecular complexity index is 655. The minimum atomic E-state index is -0.702. The molecule has 0 spiro atoms. The highest BCUT2D eigenvalue weighted by Gasteiger charge is 2.24. The molecule has 2 amide bonds. The molecule has 0 saturated carbocycles. The van der Waals surface area contributed by atoms with E-state index in [1.807, 2.05) is 13.8 Å². The Morgan fingerprint density at radius 3 is 2.77 bits per heavy atom. The maximum absolute atomic E-state index is 12.3. The van der Waals surface area contributed by atoms with Crippen LogP contribution >= 0.6 is 0 Å². The molecular weight excluding hydrogens is 284 g/mol. The minimum Gasteiger partial charge on any atom is -0.368 e. The first-order valence-corrected chi connectivity index (χ1v) is 7.00. The van der Waals surface area contributed by atoms with Crippen molar-refractivity contribution in [3.05, 3.63) is 36.2 Å². The predicted molar refractivity (Wildman–Crippen MR) is 79.6 cm³/mol. The van der Waals surface area contributed by atoms with Gasteiger partial charge in [-0.1, -0.05) is 37.6 Å². The predicted octanol–water partition coefficient (Wildman–Crippen LogP) is 1.37. The molecule has 0 aliphatic rings. The fourth-order valence-corrected chi connectivity index (χ4v) is 2.05. The molecule has 2 aromatic rings. The van der Waals surface area contributed by atoms with Crippen molar-refractivity contribution in [2.24, 2.45) is 11.7 Å². The molecule has 2 rings (SSSR count). The van der Waals surface area contributed by atoms with Crippen LogP contribution in [0.25, 0.3) is 11.4 Å². The zero-order chi connectivity index (χ0) is 16.1. The Labute approximate surface area is 127 Å². The number of benzene rings is 1. The number of nitrogens with zero attached hydrogens (tertiary/aromatic N) is 2. The third-order valence-electron chi connectivity index (χ3n) is 3.55. The Morgan fingerprint density at radius 1 is 1.41 bits per heavy atom. The number of nitrogens with one attached hydrogen (secondary N) is 1. The number of nitrogens with two attached hydrogens (primary N) is 1. The van der Waals surface area contributed by atoms with Crippen molar-refractivity contribution in [3.63, 3.8) is 0 Å². The van der Waals surface area contributed by atoms with E-state index in [1.54, 1.807) is 24.3 Å². The van der Waals surface area contributed by atoms with Crippen LogP contribution in [0.5, 0.6) is 0 Å². The molecule has 1 aromatic heterocycles. The molecule has 0 aliphatic carbocycles. The molecule has 22 heavy (non-hydrogen) atoms. The summed E-state index contributed by atoms with van der Waals surface area (Å²) in [4.78, 5) is 27.7. The molecule has 1 aromatic carbocycles. The van der Waals surface area contributed by atoms with Gasteiger partial charge in [-0.25, -0.2) is 0 Å². The van der Waals surface area contributed by atoms with Crippen LogP contribution in [0.4, 0.5) is 0 Å². The number of rotatable bonds is 6. The maximum Gasteiger partial charge on any atom is 0.251 e. The van der Waals surface area contributed by atoms with E-state index < -0.39 is 11.9 Å². The van der Waals surface area contributed by atoms with Crippen LogP contribution in [-0.4, -0.2) is 28.0 Å². The number of carbonyl (C=O) groups excluding carboxylic acids is 2. The topological polar surface area (TPSA) is 111 Å². The van der Waals surface area contributed by atoms with E-state index in [-0.39, 0.29) is 11.8 Å². The van der Waals surface area contributed by atoms with Gasteiger partial charge in [0.15, 0.2) is 0 Å². The molecular formula is C15H18N4O3. The Kier molecular flexibility index (Phi) is 4.88. The van der Waals surface area contributed by atoms with Crippen LogP contribution in [0.3, 0.4) is 0 Å². The Hall–Kier alpha value is -2.70. The van der Waals surface area contributed by atoms with Crippen LogP contribution in [-0.2, 0) is 4.79 Å². The summed E-state index contributed by atoms with van der Waals surface area (Å²) >= 11 is 0. The molecule has 0 radical (unpaired) electrons. The normalized spacial score (nSPS) is 13.4. The van der Waals surface area contributed by atoms with Gasteiger partial charge in [-0.3, -0.25) is 9.59 Å². The second kappa shape index (κ2) is 6.84. The largest absolute Gasteiger partial charge is 0.368 e. The van der Waals surface area contributed by atoms with E-state index in [0.29, 0.717) is 17.0 Å². The third-order valence-corrected chi connectivity index (χ3v) is 3.55. The first-order chi connectivity index (χ1) is 10.5. The van der Waals surface area contributed by atoms with Crippen molar-refractivity contribution < 1.29 is 14.1 Å². The van der Waals surface area contributed by atoms with Crippen LogP contribution < -0.4 is 11.1 Å². The van der Waals surface area contributed by atoms with Gasteiger partial charge < -0.3 is 15.6 Å². The second-order valence-electron chi connectivity index (χ2n) is 5.07. The van der Waals surface area contributed by atoms with Gasteiger partial charge in [-0.15, -0.1) is 0 Å². The fourth-order valence-electron chi connectivity index (χ4n) is 2.05. The summed E-state index contributed by atoms with van der Waals surface area (Å²) in [5, 5.41) is 6.40. The number of aromatic nitrogens is 2. The zero-order valence-electron chi connectivity index (χ0n) is 12.4. The first kappa shape index (κ1) is 15.7. The lowest BCUT2D eigenvalue weighted by Gasteiger charge is -2.21. The molecule has 1 heterocycles. The zero-order valence-corrected chi connectivity index (χ0v) is 12.4. The van der Waals surface area contributed by atoms with Crippen molar-refractivity contribution in [1.29, 1.82) is 0 Å². The summed E-state index contributed by atoms with van der Waals surface area (Å²) in [5.74, 6) is -0.559. The number of primary amides is 1. The highest BCUT2D eigenvalue weighted by Crippen LogP contribution is 2.16. The molecule has 0 aliphatic heterocycles. The molecule has 7 nitrogen and oxygen atoms in total. The Balaban J connectivity index is 2.19. The van der Waals surface area contributed by atoms with Crippen LogP contribution in [0.1, 0.15) is 30.6 Å². The molecule has 0 bridgehead atoms. The molecule has 0 saturated heterocycles. The van der Waals surface area contributed by atoms with Gasteiger partial charge in [0.1, 0.15) is 6.04 Å². The summed E-state index contributed by atoms with van der Waals surface area (Å²) in [6.07, 6.45) is 1.95. The molecule has 7 heteroatoms. The smallest absolute Gasteiger partial charge is 0.251 e. The highest BCUT2D eigenvalue weighted by molar-refractivity contribution is 5.98. The van der Waals surface area contributed by atoms with Gasteiger partial charge >= 0.3 is 0 Å². The number of hydrogen-bond donors (Lipinski definition) is 2. The molecule has 2 unspecified atom stereocenters. The fraction of sp³-hybridized carbons (Fsp3) is 0.333. The monoisotopic (exact) mass is 302 g/mol. The van der Waals surface area contributed by atoms with Crippen LogP contribution in [0.15, 0.2) is 35.2 Å². The Morgan fingerprint density at radius 2 is 2.18 bits per heavy atom. The summed E-state index contributed by atoms with van der Waals surface area (Å²) in [6, 6.07) is 6.05. The quantitative estimate of drug-likeness (QED) is 0.837. The van der Waals surface area contributed by atoms with Crippen molar-refractivity contribution in [1.82, 2.24) is 15.5 Å². The van der Waals surface area contributed by atoms with Gasteiger partial charge in [0, 0.05) is 11.1 Å². The average Bonchev–Trinajstić information content (AvgIpc) is 3.06. The molecule has 116 valence electrons. The van der Waals surface area contributed by atoms with Gasteiger partial charge in [0.25, 0.3) is 5.91 Å². The molecule has 3 N–H and O–H groups in total. The summed E-state index contributed by atoms with van der Waals surface area (Å²) < 4.78 is 4.69. The van der Waals surface area contributed by atoms with Gasteiger partial charge in [0.2, 0.25) is 18.1 Å². The van der Waals surface area contributed by atoms with E-state index in [4.69, 9.17) is 5.73 Å². The van der Waals surface area contributed by atoms with E-state index in [1.165, 1.54) is 6.39 Å². The maximum atomic E-state index is 12.3. The summed E-state index contributed by atoms with van der Waals surface area (Å²) in [5.41, 5.74) is 6.41.